The van der Waals surface area contributed by atoms with Gasteiger partial charge in [-0.1, -0.05) is 25.5 Å². The summed E-state index contributed by atoms with van der Waals surface area (Å²) >= 11 is 0. The Morgan fingerprint density at radius 3 is 2.47 bits per heavy atom. The van der Waals surface area contributed by atoms with Crippen LogP contribution in [-0.2, 0) is 9.53 Å². The lowest BCUT2D eigenvalue weighted by atomic mass is 10.2. The molecule has 0 spiro atoms. The average molecular weight is 415 g/mol. The van der Waals surface area contributed by atoms with Gasteiger partial charge in [0.15, 0.2) is 17.6 Å². The van der Waals surface area contributed by atoms with Gasteiger partial charge in [0.05, 0.1) is 31.6 Å². The Hall–Kier alpha value is -3.22. The Kier molecular flexibility index (Phi) is 9.00. The van der Waals surface area contributed by atoms with E-state index in [0.29, 0.717) is 36.1 Å². The average Bonchev–Trinajstić information content (AvgIpc) is 2.75. The zero-order valence-electron chi connectivity index (χ0n) is 17.9. The van der Waals surface area contributed by atoms with Gasteiger partial charge < -0.3 is 24.3 Å². The van der Waals surface area contributed by atoms with Crippen LogP contribution in [0, 0.1) is 0 Å². The van der Waals surface area contributed by atoms with Crippen molar-refractivity contribution in [3.05, 3.63) is 48.0 Å². The van der Waals surface area contributed by atoms with Crippen LogP contribution >= 0.6 is 0 Å². The standard InChI is InChI=1S/C23H29NO6/c1-5-7-14-29-20-13-12-17(15-21(20)28-6-2)23(26)30-16(3)22(25)24-18-10-8-9-11-19(18)27-4/h8-13,15-16H,5-7,14H2,1-4H3,(H,24,25)/t16-/m1/s1. The Balaban J connectivity index is 2.04. The first kappa shape index (κ1) is 23.1. The van der Waals surface area contributed by atoms with Crippen LogP contribution < -0.4 is 19.5 Å². The van der Waals surface area contributed by atoms with Crippen molar-refractivity contribution in [2.24, 2.45) is 0 Å². The molecule has 1 amide bonds. The molecule has 0 radical (unpaired) electrons. The Morgan fingerprint density at radius 1 is 1.00 bits per heavy atom. The topological polar surface area (TPSA) is 83.1 Å². The molecule has 0 bridgehead atoms. The molecule has 7 nitrogen and oxygen atoms in total. The molecule has 0 heterocycles. The van der Waals surface area contributed by atoms with Gasteiger partial charge in [0.1, 0.15) is 5.75 Å². The van der Waals surface area contributed by atoms with Crippen LogP contribution in [0.3, 0.4) is 0 Å². The molecule has 0 aliphatic heterocycles. The highest BCUT2D eigenvalue weighted by atomic mass is 16.5. The van der Waals surface area contributed by atoms with Crippen LogP contribution in [0.1, 0.15) is 44.0 Å². The van der Waals surface area contributed by atoms with E-state index >= 15 is 0 Å². The van der Waals surface area contributed by atoms with Crippen molar-refractivity contribution in [1.82, 2.24) is 0 Å². The van der Waals surface area contributed by atoms with Gasteiger partial charge in [-0.2, -0.15) is 0 Å². The van der Waals surface area contributed by atoms with Crippen LogP contribution in [0.2, 0.25) is 0 Å². The van der Waals surface area contributed by atoms with E-state index in [1.54, 1.807) is 42.5 Å². The van der Waals surface area contributed by atoms with E-state index in [9.17, 15) is 9.59 Å². The molecule has 0 unspecified atom stereocenters. The fourth-order valence-electron chi connectivity index (χ4n) is 2.61. The molecule has 162 valence electrons. The SMILES string of the molecule is CCCCOc1ccc(C(=O)O[C@H](C)C(=O)Nc2ccccc2OC)cc1OCC. The summed E-state index contributed by atoms with van der Waals surface area (Å²) in [6, 6.07) is 11.8. The molecule has 2 aromatic carbocycles. The number of carbonyl (C=O) groups excluding carboxylic acids is 2. The van der Waals surface area contributed by atoms with E-state index in [4.69, 9.17) is 18.9 Å². The third-order valence-electron chi connectivity index (χ3n) is 4.25. The fraction of sp³-hybridized carbons (Fsp3) is 0.391. The summed E-state index contributed by atoms with van der Waals surface area (Å²) in [5.74, 6) is 0.471. The number of carbonyl (C=O) groups is 2. The second-order valence-electron chi connectivity index (χ2n) is 6.53. The molecule has 1 atom stereocenters. The van der Waals surface area contributed by atoms with E-state index in [1.807, 2.05) is 6.92 Å². The maximum atomic E-state index is 12.5. The summed E-state index contributed by atoms with van der Waals surface area (Å²) in [6.07, 6.45) is 0.940. The molecule has 0 aliphatic carbocycles. The number of amides is 1. The number of para-hydroxylation sites is 2. The lowest BCUT2D eigenvalue weighted by molar-refractivity contribution is -0.123. The zero-order valence-corrected chi connectivity index (χ0v) is 17.9. The first-order valence-corrected chi connectivity index (χ1v) is 10.0. The maximum absolute atomic E-state index is 12.5. The number of esters is 1. The number of unbranched alkanes of at least 4 members (excludes halogenated alkanes) is 1. The Bertz CT molecular complexity index is 851. The summed E-state index contributed by atoms with van der Waals surface area (Å²) in [5, 5.41) is 2.70. The van der Waals surface area contributed by atoms with Crippen LogP contribution in [0.5, 0.6) is 17.2 Å². The number of hydrogen-bond acceptors (Lipinski definition) is 6. The van der Waals surface area contributed by atoms with Gasteiger partial charge >= 0.3 is 5.97 Å². The molecule has 0 fully saturated rings. The third-order valence-corrected chi connectivity index (χ3v) is 4.25. The summed E-state index contributed by atoms with van der Waals surface area (Å²) in [5.41, 5.74) is 0.776. The quantitative estimate of drug-likeness (QED) is 0.431. The van der Waals surface area contributed by atoms with Gasteiger partial charge in [-0.25, -0.2) is 4.79 Å². The number of nitrogens with one attached hydrogen (secondary N) is 1. The lowest BCUT2D eigenvalue weighted by Crippen LogP contribution is -2.30. The minimum Gasteiger partial charge on any atom is -0.495 e. The first-order valence-electron chi connectivity index (χ1n) is 10.0. The van der Waals surface area contributed by atoms with E-state index in [0.717, 1.165) is 12.8 Å². The maximum Gasteiger partial charge on any atom is 0.339 e. The minimum atomic E-state index is -1.00. The zero-order chi connectivity index (χ0) is 21.9. The summed E-state index contributed by atoms with van der Waals surface area (Å²) in [7, 11) is 1.51. The normalized spacial score (nSPS) is 11.3. The molecule has 0 saturated carbocycles. The van der Waals surface area contributed by atoms with E-state index in [2.05, 4.69) is 12.2 Å². The van der Waals surface area contributed by atoms with Gasteiger partial charge in [-0.15, -0.1) is 0 Å². The van der Waals surface area contributed by atoms with Crippen molar-refractivity contribution in [3.8, 4) is 17.2 Å². The second-order valence-corrected chi connectivity index (χ2v) is 6.53. The molecular formula is C23H29NO6. The van der Waals surface area contributed by atoms with E-state index < -0.39 is 18.0 Å². The Labute approximate surface area is 177 Å². The molecule has 0 saturated heterocycles. The number of rotatable bonds is 11. The van der Waals surface area contributed by atoms with E-state index in [-0.39, 0.29) is 5.56 Å². The number of ether oxygens (including phenoxy) is 4. The van der Waals surface area contributed by atoms with Gasteiger partial charge in [-0.3, -0.25) is 4.79 Å². The minimum absolute atomic E-state index is 0.276. The van der Waals surface area contributed by atoms with Gasteiger partial charge in [0.25, 0.3) is 5.91 Å². The highest BCUT2D eigenvalue weighted by Gasteiger charge is 2.21. The number of benzene rings is 2. The van der Waals surface area contributed by atoms with Crippen molar-refractivity contribution in [2.45, 2.75) is 39.7 Å². The van der Waals surface area contributed by atoms with Crippen molar-refractivity contribution < 1.29 is 28.5 Å². The molecule has 2 aromatic rings. The summed E-state index contributed by atoms with van der Waals surface area (Å²) in [4.78, 5) is 25.0. The van der Waals surface area contributed by atoms with E-state index in [1.165, 1.54) is 14.0 Å². The molecule has 30 heavy (non-hydrogen) atoms. The second kappa shape index (κ2) is 11.7. The largest absolute Gasteiger partial charge is 0.495 e. The summed E-state index contributed by atoms with van der Waals surface area (Å²) in [6.45, 7) is 6.44. The molecular weight excluding hydrogens is 386 g/mol. The number of hydrogen-bond donors (Lipinski definition) is 1. The van der Waals surface area contributed by atoms with Crippen LogP contribution in [-0.4, -0.2) is 38.3 Å². The van der Waals surface area contributed by atoms with Gasteiger partial charge in [-0.05, 0) is 50.6 Å². The predicted octanol–water partition coefficient (Wildman–Crippen LogP) is 4.46. The van der Waals surface area contributed by atoms with Crippen LogP contribution in [0.25, 0.3) is 0 Å². The molecule has 2 rings (SSSR count). The first-order chi connectivity index (χ1) is 14.5. The highest BCUT2D eigenvalue weighted by Crippen LogP contribution is 2.29. The highest BCUT2D eigenvalue weighted by molar-refractivity contribution is 5.98. The Morgan fingerprint density at radius 2 is 1.77 bits per heavy atom. The van der Waals surface area contributed by atoms with Crippen molar-refractivity contribution in [1.29, 1.82) is 0 Å². The monoisotopic (exact) mass is 415 g/mol. The molecule has 0 aliphatic rings. The van der Waals surface area contributed by atoms with Crippen LogP contribution in [0.15, 0.2) is 42.5 Å². The molecule has 7 heteroatoms. The van der Waals surface area contributed by atoms with Gasteiger partial charge in [0, 0.05) is 0 Å². The van der Waals surface area contributed by atoms with Crippen LogP contribution in [0.4, 0.5) is 5.69 Å². The van der Waals surface area contributed by atoms with Gasteiger partial charge in [0.2, 0.25) is 0 Å². The molecule has 0 aromatic heterocycles. The smallest absolute Gasteiger partial charge is 0.339 e. The predicted molar refractivity (Wildman–Crippen MR) is 115 cm³/mol. The third kappa shape index (κ3) is 6.40. The summed E-state index contributed by atoms with van der Waals surface area (Å²) < 4.78 is 21.8. The van der Waals surface area contributed by atoms with Crippen molar-refractivity contribution in [2.75, 3.05) is 25.6 Å². The molecule has 1 N–H and O–H groups in total. The van der Waals surface area contributed by atoms with Crippen molar-refractivity contribution in [3.63, 3.8) is 0 Å². The number of methoxy groups -OCH3 is 1. The fourth-order valence-corrected chi connectivity index (χ4v) is 2.61. The lowest BCUT2D eigenvalue weighted by Gasteiger charge is -2.16. The van der Waals surface area contributed by atoms with Crippen molar-refractivity contribution >= 4 is 17.6 Å². The number of anilines is 1.